The number of hydrogen-bond donors (Lipinski definition) is 1. The Morgan fingerprint density at radius 3 is 2.90 bits per heavy atom. The first-order valence-corrected chi connectivity index (χ1v) is 8.40. The minimum atomic E-state index is 0.660. The quantitative estimate of drug-likeness (QED) is 0.613. The molecule has 1 aromatic heterocycles. The molecule has 1 heterocycles. The van der Waals surface area contributed by atoms with Gasteiger partial charge < -0.3 is 10.1 Å². The summed E-state index contributed by atoms with van der Waals surface area (Å²) in [7, 11) is 0. The predicted octanol–water partition coefficient (Wildman–Crippen LogP) is 5.85. The van der Waals surface area contributed by atoms with Gasteiger partial charge in [0.25, 0.3) is 0 Å². The van der Waals surface area contributed by atoms with Crippen LogP contribution in [0.4, 0.5) is 10.8 Å². The van der Waals surface area contributed by atoms with E-state index in [4.69, 9.17) is 16.3 Å². The van der Waals surface area contributed by atoms with Crippen molar-refractivity contribution in [2.24, 2.45) is 0 Å². The van der Waals surface area contributed by atoms with Gasteiger partial charge in [0.2, 0.25) is 0 Å². The van der Waals surface area contributed by atoms with Crippen LogP contribution in [-0.2, 0) is 0 Å². The molecule has 21 heavy (non-hydrogen) atoms. The molecule has 6 heteroatoms. The van der Waals surface area contributed by atoms with Crippen LogP contribution < -0.4 is 10.1 Å². The molecular weight excluding hydrogens is 372 g/mol. The number of halogens is 2. The maximum Gasteiger partial charge on any atom is 0.188 e. The Morgan fingerprint density at radius 1 is 1.29 bits per heavy atom. The average Bonchev–Trinajstić information content (AvgIpc) is 2.85. The molecule has 0 amide bonds. The van der Waals surface area contributed by atoms with Gasteiger partial charge in [0.05, 0.1) is 21.8 Å². The van der Waals surface area contributed by atoms with Crippen molar-refractivity contribution in [3.63, 3.8) is 0 Å². The number of benzene rings is 2. The first-order chi connectivity index (χ1) is 10.2. The highest BCUT2D eigenvalue weighted by Crippen LogP contribution is 2.32. The highest BCUT2D eigenvalue weighted by Gasteiger charge is 2.06. The molecule has 0 atom stereocenters. The van der Waals surface area contributed by atoms with E-state index in [1.54, 1.807) is 11.3 Å². The van der Waals surface area contributed by atoms with E-state index in [9.17, 15) is 0 Å². The van der Waals surface area contributed by atoms with Crippen LogP contribution >= 0.6 is 38.9 Å². The molecule has 3 rings (SSSR count). The van der Waals surface area contributed by atoms with Crippen LogP contribution in [0.2, 0.25) is 5.02 Å². The Balaban J connectivity index is 1.88. The molecule has 0 bridgehead atoms. The summed E-state index contributed by atoms with van der Waals surface area (Å²) < 4.78 is 7.47. The third-order valence-electron chi connectivity index (χ3n) is 2.84. The summed E-state index contributed by atoms with van der Waals surface area (Å²) in [5.74, 6) is 0.867. The lowest BCUT2D eigenvalue weighted by molar-refractivity contribution is 0.341. The van der Waals surface area contributed by atoms with Gasteiger partial charge in [-0.1, -0.05) is 22.9 Å². The van der Waals surface area contributed by atoms with E-state index in [0.29, 0.717) is 11.6 Å². The van der Waals surface area contributed by atoms with Crippen molar-refractivity contribution in [2.45, 2.75) is 6.92 Å². The van der Waals surface area contributed by atoms with Crippen LogP contribution in [0.1, 0.15) is 6.92 Å². The van der Waals surface area contributed by atoms with E-state index in [1.165, 1.54) is 0 Å². The second-order valence-corrected chi connectivity index (χ2v) is 6.63. The smallest absolute Gasteiger partial charge is 0.188 e. The van der Waals surface area contributed by atoms with Crippen molar-refractivity contribution in [3.05, 3.63) is 45.9 Å². The monoisotopic (exact) mass is 382 g/mol. The summed E-state index contributed by atoms with van der Waals surface area (Å²) in [6.07, 6.45) is 0. The van der Waals surface area contributed by atoms with Crippen molar-refractivity contribution < 1.29 is 4.74 Å². The largest absolute Gasteiger partial charge is 0.494 e. The normalized spacial score (nSPS) is 10.8. The molecule has 0 aliphatic rings. The van der Waals surface area contributed by atoms with Crippen LogP contribution in [-0.4, -0.2) is 11.6 Å². The number of hydrogen-bond acceptors (Lipinski definition) is 4. The fraction of sp³-hybridized carbons (Fsp3) is 0.133. The van der Waals surface area contributed by atoms with Crippen molar-refractivity contribution in [3.8, 4) is 5.75 Å². The Kier molecular flexibility index (Phi) is 4.33. The maximum atomic E-state index is 6.09. The van der Waals surface area contributed by atoms with E-state index < -0.39 is 0 Å². The fourth-order valence-electron chi connectivity index (χ4n) is 1.91. The van der Waals surface area contributed by atoms with Crippen LogP contribution in [0.25, 0.3) is 10.2 Å². The molecule has 0 spiro atoms. The highest BCUT2D eigenvalue weighted by atomic mass is 79.9. The van der Waals surface area contributed by atoms with Gasteiger partial charge in [-0.15, -0.1) is 0 Å². The minimum Gasteiger partial charge on any atom is -0.494 e. The molecule has 1 N–H and O–H groups in total. The van der Waals surface area contributed by atoms with Gasteiger partial charge in [0, 0.05) is 10.2 Å². The molecule has 0 aliphatic heterocycles. The van der Waals surface area contributed by atoms with E-state index >= 15 is 0 Å². The van der Waals surface area contributed by atoms with E-state index in [1.807, 2.05) is 43.3 Å². The third kappa shape index (κ3) is 3.31. The van der Waals surface area contributed by atoms with Crippen LogP contribution in [0.5, 0.6) is 5.75 Å². The van der Waals surface area contributed by atoms with Crippen molar-refractivity contribution >= 4 is 59.9 Å². The van der Waals surface area contributed by atoms with Crippen LogP contribution in [0.3, 0.4) is 0 Å². The Labute approximate surface area is 140 Å². The van der Waals surface area contributed by atoms with E-state index in [-0.39, 0.29) is 0 Å². The second kappa shape index (κ2) is 6.22. The summed E-state index contributed by atoms with van der Waals surface area (Å²) >= 11 is 11.1. The molecule has 3 aromatic rings. The first-order valence-electron chi connectivity index (χ1n) is 6.41. The summed E-state index contributed by atoms with van der Waals surface area (Å²) in [5.41, 5.74) is 1.86. The van der Waals surface area contributed by atoms with E-state index in [0.717, 1.165) is 31.3 Å². The zero-order chi connectivity index (χ0) is 14.8. The van der Waals surface area contributed by atoms with Crippen molar-refractivity contribution in [1.29, 1.82) is 0 Å². The summed E-state index contributed by atoms with van der Waals surface area (Å²) in [6.45, 7) is 2.63. The molecule has 0 saturated heterocycles. The average molecular weight is 384 g/mol. The molecule has 0 fully saturated rings. The molecule has 0 saturated carbocycles. The lowest BCUT2D eigenvalue weighted by atomic mass is 10.3. The predicted molar refractivity (Wildman–Crippen MR) is 93.2 cm³/mol. The molecule has 3 nitrogen and oxygen atoms in total. The highest BCUT2D eigenvalue weighted by molar-refractivity contribution is 9.10. The number of fused-ring (bicyclic) bond motifs is 1. The van der Waals surface area contributed by atoms with Gasteiger partial charge in [-0.2, -0.15) is 0 Å². The standard InChI is InChI=1S/C15H12BrClN2OS/c1-2-20-10-4-6-13-14(8-10)21-15(19-13)18-9-3-5-11(16)12(17)7-9/h3-8H,2H2,1H3,(H,18,19). The van der Waals surface area contributed by atoms with Gasteiger partial charge in [0.15, 0.2) is 5.13 Å². The van der Waals surface area contributed by atoms with E-state index in [2.05, 4.69) is 26.2 Å². The van der Waals surface area contributed by atoms with Gasteiger partial charge in [-0.05, 0) is 59.3 Å². The number of anilines is 2. The number of nitrogens with one attached hydrogen (secondary N) is 1. The van der Waals surface area contributed by atoms with Crippen molar-refractivity contribution in [1.82, 2.24) is 4.98 Å². The number of ether oxygens (including phenoxy) is 1. The van der Waals surface area contributed by atoms with Gasteiger partial charge in [0.1, 0.15) is 5.75 Å². The lowest BCUT2D eigenvalue weighted by Gasteiger charge is -2.03. The molecule has 2 aromatic carbocycles. The summed E-state index contributed by atoms with van der Waals surface area (Å²) in [4.78, 5) is 4.56. The molecule has 108 valence electrons. The van der Waals surface area contributed by atoms with Gasteiger partial charge in [-0.3, -0.25) is 0 Å². The van der Waals surface area contributed by atoms with Gasteiger partial charge >= 0.3 is 0 Å². The molecule has 0 aliphatic carbocycles. The van der Waals surface area contributed by atoms with Gasteiger partial charge in [-0.25, -0.2) is 4.98 Å². The van der Waals surface area contributed by atoms with Crippen LogP contribution in [0.15, 0.2) is 40.9 Å². The topological polar surface area (TPSA) is 34.1 Å². The number of nitrogens with zero attached hydrogens (tertiary/aromatic N) is 1. The molecular formula is C15H12BrClN2OS. The zero-order valence-corrected chi connectivity index (χ0v) is 14.3. The molecule has 0 unspecified atom stereocenters. The lowest BCUT2D eigenvalue weighted by Crippen LogP contribution is -1.90. The van der Waals surface area contributed by atoms with Crippen molar-refractivity contribution in [2.75, 3.05) is 11.9 Å². The fourth-order valence-corrected chi connectivity index (χ4v) is 3.25. The van der Waals surface area contributed by atoms with Crippen LogP contribution in [0, 0.1) is 0 Å². The summed E-state index contributed by atoms with van der Waals surface area (Å²) in [5, 5.41) is 4.77. The minimum absolute atomic E-state index is 0.660. The maximum absolute atomic E-state index is 6.09. The number of rotatable bonds is 4. The Morgan fingerprint density at radius 2 is 2.14 bits per heavy atom. The second-order valence-electron chi connectivity index (χ2n) is 4.34. The zero-order valence-electron chi connectivity index (χ0n) is 11.2. The SMILES string of the molecule is CCOc1ccc2nc(Nc3ccc(Br)c(Cl)c3)sc2c1. The summed E-state index contributed by atoms with van der Waals surface area (Å²) in [6, 6.07) is 11.6. The Hall–Kier alpha value is -1.30. The third-order valence-corrected chi connectivity index (χ3v) is 5.01. The number of aromatic nitrogens is 1. The first kappa shape index (κ1) is 14.6. The molecule has 0 radical (unpaired) electrons. The number of thiazole rings is 1. The Bertz CT molecular complexity index is 790.